The van der Waals surface area contributed by atoms with Gasteiger partial charge in [0.15, 0.2) is 5.11 Å². The predicted molar refractivity (Wildman–Crippen MR) is 118 cm³/mol. The van der Waals surface area contributed by atoms with E-state index < -0.39 is 0 Å². The van der Waals surface area contributed by atoms with Gasteiger partial charge in [0.25, 0.3) is 5.56 Å². The van der Waals surface area contributed by atoms with Crippen LogP contribution in [0.1, 0.15) is 30.5 Å². The second-order valence-electron chi connectivity index (χ2n) is 7.92. The summed E-state index contributed by atoms with van der Waals surface area (Å²) in [4.78, 5) is 20.0. The smallest absolute Gasteiger partial charge is 0.253 e. The lowest BCUT2D eigenvalue weighted by molar-refractivity contribution is 0.321. The van der Waals surface area contributed by atoms with E-state index in [9.17, 15) is 4.79 Å². The fraction of sp³-hybridized carbons (Fsp3) is 0.524. The number of nitrogens with one attached hydrogen (secondary N) is 2. The summed E-state index contributed by atoms with van der Waals surface area (Å²) in [6.45, 7) is 11.3. The second-order valence-corrected chi connectivity index (χ2v) is 8.30. The lowest BCUT2D eigenvalue weighted by Crippen LogP contribution is -2.44. The summed E-state index contributed by atoms with van der Waals surface area (Å²) in [5, 5.41) is 5.13. The fourth-order valence-corrected chi connectivity index (χ4v) is 3.16. The largest absolute Gasteiger partial charge is 0.362 e. The van der Waals surface area contributed by atoms with Crippen LogP contribution in [0.5, 0.6) is 0 Å². The number of aromatic amines is 1. The van der Waals surface area contributed by atoms with Gasteiger partial charge in [-0.1, -0.05) is 26.0 Å². The number of aromatic nitrogens is 1. The number of hydrogen-bond acceptors (Lipinski definition) is 3. The summed E-state index contributed by atoms with van der Waals surface area (Å²) in [5.41, 5.74) is 3.86. The molecule has 5 nitrogen and oxygen atoms in total. The van der Waals surface area contributed by atoms with Crippen LogP contribution in [0.4, 0.5) is 0 Å². The third-order valence-electron chi connectivity index (χ3n) is 4.65. The summed E-state index contributed by atoms with van der Waals surface area (Å²) in [5.74, 6) is 0.508. The molecule has 0 amide bonds. The molecule has 6 heteroatoms. The first-order valence-corrected chi connectivity index (χ1v) is 9.89. The van der Waals surface area contributed by atoms with Crippen LogP contribution in [-0.4, -0.2) is 53.6 Å². The second kappa shape index (κ2) is 9.33. The van der Waals surface area contributed by atoms with Gasteiger partial charge < -0.3 is 20.1 Å². The van der Waals surface area contributed by atoms with E-state index in [-0.39, 0.29) is 5.56 Å². The number of nitrogens with zero attached hydrogens (tertiary/aromatic N) is 2. The van der Waals surface area contributed by atoms with Gasteiger partial charge in [0.1, 0.15) is 0 Å². The maximum Gasteiger partial charge on any atom is 0.253 e. The first-order valence-electron chi connectivity index (χ1n) is 9.48. The number of pyridine rings is 1. The Hall–Kier alpha value is -1.92. The Morgan fingerprint density at radius 1 is 1.19 bits per heavy atom. The Labute approximate surface area is 167 Å². The summed E-state index contributed by atoms with van der Waals surface area (Å²) >= 11 is 5.61. The molecule has 0 radical (unpaired) electrons. The lowest BCUT2D eigenvalue weighted by Gasteiger charge is -2.27. The van der Waals surface area contributed by atoms with Gasteiger partial charge in [-0.25, -0.2) is 0 Å². The third-order valence-corrected chi connectivity index (χ3v) is 5.05. The average Bonchev–Trinajstić information content (AvgIpc) is 2.60. The van der Waals surface area contributed by atoms with Gasteiger partial charge in [-0.2, -0.15) is 0 Å². The molecule has 0 fully saturated rings. The molecule has 0 aliphatic heterocycles. The van der Waals surface area contributed by atoms with Crippen molar-refractivity contribution in [1.82, 2.24) is 20.1 Å². The molecule has 0 atom stereocenters. The monoisotopic (exact) mass is 388 g/mol. The van der Waals surface area contributed by atoms with Gasteiger partial charge in [-0.15, -0.1) is 0 Å². The van der Waals surface area contributed by atoms with Crippen LogP contribution in [0.2, 0.25) is 0 Å². The number of benzene rings is 1. The fourth-order valence-electron chi connectivity index (χ4n) is 2.92. The molecule has 0 aliphatic rings. The maximum atomic E-state index is 12.7. The van der Waals surface area contributed by atoms with Crippen molar-refractivity contribution in [3.63, 3.8) is 0 Å². The number of likely N-dealkylation sites (N-methyl/N-ethyl adjacent to an activating group) is 1. The van der Waals surface area contributed by atoms with Gasteiger partial charge >= 0.3 is 0 Å². The quantitative estimate of drug-likeness (QED) is 0.714. The summed E-state index contributed by atoms with van der Waals surface area (Å²) < 4.78 is 0. The van der Waals surface area contributed by atoms with E-state index in [2.05, 4.69) is 46.9 Å². The minimum atomic E-state index is -0.0438. The molecule has 1 aromatic carbocycles. The van der Waals surface area contributed by atoms with Crippen molar-refractivity contribution in [2.24, 2.45) is 5.92 Å². The molecular formula is C21H32N4OS. The van der Waals surface area contributed by atoms with E-state index in [1.165, 1.54) is 0 Å². The standard InChI is InChI=1S/C21H32N4OS/c1-14(2)12-22-21(27)25(10-9-24(5)6)13-17-11-18-15(3)7-8-16(4)19(18)23-20(17)26/h7-8,11,14H,9-10,12-13H2,1-6H3,(H,22,27)(H,23,26). The zero-order valence-corrected chi connectivity index (χ0v) is 18.2. The van der Waals surface area contributed by atoms with Gasteiger partial charge in [-0.05, 0) is 63.3 Å². The van der Waals surface area contributed by atoms with E-state index in [4.69, 9.17) is 12.2 Å². The highest BCUT2D eigenvalue weighted by atomic mass is 32.1. The SMILES string of the molecule is Cc1ccc(C)c2[nH]c(=O)c(CN(CCN(C)C)C(=S)NCC(C)C)cc12. The molecule has 0 unspecified atom stereocenters. The van der Waals surface area contributed by atoms with E-state index in [0.717, 1.165) is 47.2 Å². The molecule has 0 saturated carbocycles. The Bertz CT molecular complexity index is 857. The zero-order chi connectivity index (χ0) is 20.1. The molecule has 2 rings (SSSR count). The summed E-state index contributed by atoms with van der Waals surface area (Å²) in [7, 11) is 4.08. The van der Waals surface area contributed by atoms with E-state index in [1.54, 1.807) is 0 Å². The zero-order valence-electron chi connectivity index (χ0n) is 17.3. The number of rotatable bonds is 7. The van der Waals surface area contributed by atoms with Gasteiger partial charge in [0.05, 0.1) is 12.1 Å². The Balaban J connectivity index is 2.32. The molecule has 0 aliphatic carbocycles. The maximum absolute atomic E-state index is 12.7. The van der Waals surface area contributed by atoms with Crippen LogP contribution >= 0.6 is 12.2 Å². The highest BCUT2D eigenvalue weighted by Crippen LogP contribution is 2.20. The number of aryl methyl sites for hydroxylation is 2. The molecule has 1 heterocycles. The molecule has 0 spiro atoms. The minimum Gasteiger partial charge on any atom is -0.362 e. The van der Waals surface area contributed by atoms with Gasteiger partial charge in [-0.3, -0.25) is 4.79 Å². The van der Waals surface area contributed by atoms with Crippen LogP contribution in [0.25, 0.3) is 10.9 Å². The Morgan fingerprint density at radius 2 is 1.85 bits per heavy atom. The van der Waals surface area contributed by atoms with Crippen molar-refractivity contribution < 1.29 is 0 Å². The minimum absolute atomic E-state index is 0.0438. The number of H-pyrrole nitrogens is 1. The van der Waals surface area contributed by atoms with Crippen molar-refractivity contribution in [3.8, 4) is 0 Å². The lowest BCUT2D eigenvalue weighted by atomic mass is 10.0. The highest BCUT2D eigenvalue weighted by molar-refractivity contribution is 7.80. The molecular weight excluding hydrogens is 356 g/mol. The number of hydrogen-bond donors (Lipinski definition) is 2. The molecule has 148 valence electrons. The Kier molecular flexibility index (Phi) is 7.39. The third kappa shape index (κ3) is 5.78. The topological polar surface area (TPSA) is 51.4 Å². The average molecular weight is 389 g/mol. The first kappa shape index (κ1) is 21.4. The van der Waals surface area contributed by atoms with Crippen LogP contribution < -0.4 is 10.9 Å². The first-order chi connectivity index (χ1) is 12.7. The number of thiocarbonyl (C=S) groups is 1. The molecule has 0 bridgehead atoms. The van der Waals surface area contributed by atoms with Crippen molar-refractivity contribution in [2.45, 2.75) is 34.2 Å². The normalized spacial score (nSPS) is 11.4. The predicted octanol–water partition coefficient (Wildman–Crippen LogP) is 3.04. The van der Waals surface area contributed by atoms with E-state index in [1.807, 2.05) is 33.2 Å². The molecule has 2 N–H and O–H groups in total. The van der Waals surface area contributed by atoms with Crippen molar-refractivity contribution in [3.05, 3.63) is 45.2 Å². The molecule has 1 aromatic heterocycles. The van der Waals surface area contributed by atoms with E-state index in [0.29, 0.717) is 17.6 Å². The summed E-state index contributed by atoms with van der Waals surface area (Å²) in [6, 6.07) is 6.16. The van der Waals surface area contributed by atoms with Crippen molar-refractivity contribution >= 4 is 28.2 Å². The molecule has 27 heavy (non-hydrogen) atoms. The molecule has 0 saturated heterocycles. The highest BCUT2D eigenvalue weighted by Gasteiger charge is 2.15. The van der Waals surface area contributed by atoms with Gasteiger partial charge in [0, 0.05) is 30.6 Å². The van der Waals surface area contributed by atoms with Crippen LogP contribution in [0, 0.1) is 19.8 Å². The van der Waals surface area contributed by atoms with Crippen LogP contribution in [0.15, 0.2) is 23.0 Å². The van der Waals surface area contributed by atoms with Crippen molar-refractivity contribution in [1.29, 1.82) is 0 Å². The van der Waals surface area contributed by atoms with Crippen molar-refractivity contribution in [2.75, 3.05) is 33.7 Å². The molecule has 2 aromatic rings. The van der Waals surface area contributed by atoms with Crippen LogP contribution in [-0.2, 0) is 6.54 Å². The van der Waals surface area contributed by atoms with Gasteiger partial charge in [0.2, 0.25) is 0 Å². The van der Waals surface area contributed by atoms with Crippen LogP contribution in [0.3, 0.4) is 0 Å². The Morgan fingerprint density at radius 3 is 2.48 bits per heavy atom. The number of fused-ring (bicyclic) bond motifs is 1. The summed E-state index contributed by atoms with van der Waals surface area (Å²) in [6.07, 6.45) is 0. The van der Waals surface area contributed by atoms with E-state index >= 15 is 0 Å².